The number of ether oxygens (including phenoxy) is 4. The van der Waals surface area contributed by atoms with E-state index in [4.69, 9.17) is 24.1 Å². The fourth-order valence-corrected chi connectivity index (χ4v) is 5.18. The monoisotopic (exact) mass is 638 g/mol. The number of aliphatic carboxylic acids is 1. The van der Waals surface area contributed by atoms with E-state index in [0.717, 1.165) is 11.1 Å². The number of carboxylic acid groups (broad SMARTS) is 1. The molecule has 3 unspecified atom stereocenters. The van der Waals surface area contributed by atoms with E-state index in [2.05, 4.69) is 5.32 Å². The Kier molecular flexibility index (Phi) is 13.0. The summed E-state index contributed by atoms with van der Waals surface area (Å²) in [6, 6.07) is 20.4. The second kappa shape index (κ2) is 17.4. The van der Waals surface area contributed by atoms with Crippen molar-refractivity contribution in [2.45, 2.75) is 31.5 Å². The maximum Gasteiger partial charge on any atom is 0.329 e. The molecule has 1 aliphatic rings. The molecule has 0 aliphatic carbocycles. The molecule has 4 rings (SSSR count). The molecule has 1 fully saturated rings. The van der Waals surface area contributed by atoms with Crippen LogP contribution in [-0.2, 0) is 35.1 Å². The molecule has 46 heavy (non-hydrogen) atoms. The molecule has 0 bridgehead atoms. The lowest BCUT2D eigenvalue weighted by Gasteiger charge is -2.48. The predicted octanol–water partition coefficient (Wildman–Crippen LogP) is 3.80. The lowest BCUT2D eigenvalue weighted by atomic mass is 9.78. The first-order chi connectivity index (χ1) is 22.3. The first kappa shape index (κ1) is 34.5. The zero-order chi connectivity index (χ0) is 32.9. The number of hydrogen-bond donors (Lipinski definition) is 3. The lowest BCUT2D eigenvalue weighted by molar-refractivity contribution is -0.142. The van der Waals surface area contributed by atoms with Crippen LogP contribution in [0.4, 0.5) is 10.1 Å². The zero-order valence-corrected chi connectivity index (χ0v) is 25.6. The SMILES string of the molecule is COc1ccc(C2C(CCC(O)c3ccc(F)cc3)C(=O)N2c2ccc(CNC(=O)COCCOCCOCC(=O)O)cc2)cc1. The molecule has 11 nitrogen and oxygen atoms in total. The van der Waals surface area contributed by atoms with Crippen LogP contribution in [0.15, 0.2) is 72.8 Å². The quantitative estimate of drug-likeness (QED) is 0.132. The van der Waals surface area contributed by atoms with Gasteiger partial charge in [-0.2, -0.15) is 0 Å². The Morgan fingerprint density at radius 1 is 0.891 bits per heavy atom. The molecular formula is C34H39FN2O9. The van der Waals surface area contributed by atoms with Crippen LogP contribution in [0.1, 0.15) is 41.7 Å². The number of benzene rings is 3. The minimum atomic E-state index is -1.04. The van der Waals surface area contributed by atoms with E-state index in [1.165, 1.54) is 12.1 Å². The van der Waals surface area contributed by atoms with Gasteiger partial charge in [0.1, 0.15) is 24.8 Å². The molecule has 0 saturated carbocycles. The van der Waals surface area contributed by atoms with Crippen molar-refractivity contribution in [2.24, 2.45) is 5.92 Å². The number of aliphatic hydroxyl groups excluding tert-OH is 1. The van der Waals surface area contributed by atoms with Crippen LogP contribution in [0.5, 0.6) is 5.75 Å². The normalized spacial score (nSPS) is 16.5. The summed E-state index contributed by atoms with van der Waals surface area (Å²) in [4.78, 5) is 37.7. The highest BCUT2D eigenvalue weighted by Crippen LogP contribution is 2.46. The van der Waals surface area contributed by atoms with E-state index in [1.54, 1.807) is 24.1 Å². The number of rotatable bonds is 19. The van der Waals surface area contributed by atoms with Crippen molar-refractivity contribution in [1.82, 2.24) is 5.32 Å². The van der Waals surface area contributed by atoms with Crippen LogP contribution in [0.3, 0.4) is 0 Å². The van der Waals surface area contributed by atoms with E-state index in [9.17, 15) is 23.9 Å². The minimum Gasteiger partial charge on any atom is -0.497 e. The number of halogens is 1. The standard InChI is InChI=1S/C34H39FN2O9/c1-43-28-12-6-25(7-13-28)33-29(14-15-30(38)24-4-8-26(35)9-5-24)34(42)37(33)27-10-2-23(3-11-27)20-36-31(39)21-45-18-16-44-17-19-46-22-32(40)41/h2-13,29-30,33,38H,14-22H2,1H3,(H,36,39)(H,40,41). The summed E-state index contributed by atoms with van der Waals surface area (Å²) < 4.78 is 34.0. The van der Waals surface area contributed by atoms with Crippen LogP contribution in [0, 0.1) is 11.7 Å². The summed E-state index contributed by atoms with van der Waals surface area (Å²) in [6.07, 6.45) is -0.0184. The average molecular weight is 639 g/mol. The Morgan fingerprint density at radius 2 is 1.52 bits per heavy atom. The third kappa shape index (κ3) is 9.82. The van der Waals surface area contributed by atoms with Crippen molar-refractivity contribution < 1.29 is 47.9 Å². The van der Waals surface area contributed by atoms with Gasteiger partial charge in [0.05, 0.1) is 51.6 Å². The Morgan fingerprint density at radius 3 is 2.15 bits per heavy atom. The maximum absolute atomic E-state index is 13.5. The number of nitrogens with zero attached hydrogens (tertiary/aromatic N) is 1. The van der Waals surface area contributed by atoms with Gasteiger partial charge >= 0.3 is 5.97 Å². The molecule has 1 heterocycles. The number of β-lactam (4-membered cyclic amide) rings is 1. The van der Waals surface area contributed by atoms with Crippen molar-refractivity contribution in [2.75, 3.05) is 51.7 Å². The van der Waals surface area contributed by atoms with E-state index >= 15 is 0 Å². The number of carboxylic acids is 1. The van der Waals surface area contributed by atoms with E-state index in [0.29, 0.717) is 29.8 Å². The lowest BCUT2D eigenvalue weighted by Crippen LogP contribution is -2.55. The molecule has 0 aromatic heterocycles. The molecule has 246 valence electrons. The molecule has 3 atom stereocenters. The number of methoxy groups -OCH3 is 1. The number of anilines is 1. The van der Waals surface area contributed by atoms with Crippen molar-refractivity contribution in [3.8, 4) is 5.75 Å². The zero-order valence-electron chi connectivity index (χ0n) is 25.6. The topological polar surface area (TPSA) is 144 Å². The maximum atomic E-state index is 13.5. The second-order valence-electron chi connectivity index (χ2n) is 10.7. The number of aliphatic hydroxyl groups is 1. The summed E-state index contributed by atoms with van der Waals surface area (Å²) in [7, 11) is 1.59. The molecular weight excluding hydrogens is 599 g/mol. The molecule has 3 aromatic carbocycles. The van der Waals surface area contributed by atoms with Gasteiger partial charge in [-0.3, -0.25) is 9.59 Å². The van der Waals surface area contributed by atoms with Gasteiger partial charge in [-0.05, 0) is 65.9 Å². The molecule has 0 spiro atoms. The predicted molar refractivity (Wildman–Crippen MR) is 166 cm³/mol. The van der Waals surface area contributed by atoms with Gasteiger partial charge in [0, 0.05) is 12.2 Å². The van der Waals surface area contributed by atoms with Gasteiger partial charge in [0.2, 0.25) is 11.8 Å². The molecule has 1 saturated heterocycles. The minimum absolute atomic E-state index is 0.0536. The van der Waals surface area contributed by atoms with E-state index in [1.807, 2.05) is 48.5 Å². The second-order valence-corrected chi connectivity index (χ2v) is 10.7. The Labute approximate surface area is 266 Å². The number of carbonyl (C=O) groups excluding carboxylic acids is 2. The number of hydrogen-bond acceptors (Lipinski definition) is 8. The summed E-state index contributed by atoms with van der Waals surface area (Å²) >= 11 is 0. The van der Waals surface area contributed by atoms with Crippen LogP contribution in [0.25, 0.3) is 0 Å². The largest absolute Gasteiger partial charge is 0.497 e. The number of nitrogens with one attached hydrogen (secondary N) is 1. The summed E-state index contributed by atoms with van der Waals surface area (Å²) in [5.74, 6) is -1.41. The van der Waals surface area contributed by atoms with E-state index < -0.39 is 12.1 Å². The molecule has 1 aliphatic heterocycles. The highest BCUT2D eigenvalue weighted by molar-refractivity contribution is 6.03. The van der Waals surface area contributed by atoms with Crippen molar-refractivity contribution in [1.29, 1.82) is 0 Å². The fourth-order valence-electron chi connectivity index (χ4n) is 5.18. The van der Waals surface area contributed by atoms with Crippen LogP contribution < -0.4 is 15.0 Å². The van der Waals surface area contributed by atoms with Crippen molar-refractivity contribution in [3.63, 3.8) is 0 Å². The molecule has 2 amide bonds. The summed E-state index contributed by atoms with van der Waals surface area (Å²) in [5, 5.41) is 22.0. The van der Waals surface area contributed by atoms with Crippen LogP contribution in [-0.4, -0.2) is 74.7 Å². The van der Waals surface area contributed by atoms with Gasteiger partial charge in [-0.25, -0.2) is 9.18 Å². The van der Waals surface area contributed by atoms with Crippen molar-refractivity contribution >= 4 is 23.5 Å². The Balaban J connectivity index is 1.28. The molecule has 0 radical (unpaired) electrons. The van der Waals surface area contributed by atoms with Gasteiger partial charge in [-0.15, -0.1) is 0 Å². The Bertz CT molecular complexity index is 1420. The van der Waals surface area contributed by atoms with E-state index in [-0.39, 0.29) is 75.8 Å². The number of amides is 2. The third-order valence-corrected chi connectivity index (χ3v) is 7.58. The highest BCUT2D eigenvalue weighted by atomic mass is 19.1. The Hall–Kier alpha value is -4.36. The molecule has 12 heteroatoms. The van der Waals surface area contributed by atoms with Gasteiger partial charge in [-0.1, -0.05) is 36.4 Å². The van der Waals surface area contributed by atoms with Gasteiger partial charge in [0.25, 0.3) is 0 Å². The molecule has 3 N–H and O–H groups in total. The third-order valence-electron chi connectivity index (χ3n) is 7.58. The summed E-state index contributed by atoms with van der Waals surface area (Å²) in [6.45, 7) is 0.587. The number of carbonyl (C=O) groups is 3. The van der Waals surface area contributed by atoms with Crippen LogP contribution >= 0.6 is 0 Å². The average Bonchev–Trinajstić information content (AvgIpc) is 3.06. The van der Waals surface area contributed by atoms with Crippen molar-refractivity contribution in [3.05, 3.63) is 95.3 Å². The summed E-state index contributed by atoms with van der Waals surface area (Å²) in [5.41, 5.74) is 3.10. The van der Waals surface area contributed by atoms with Gasteiger partial charge < -0.3 is 39.4 Å². The fraction of sp³-hybridized carbons (Fsp3) is 0.382. The first-order valence-corrected chi connectivity index (χ1v) is 15.0. The first-order valence-electron chi connectivity index (χ1n) is 15.0. The smallest absolute Gasteiger partial charge is 0.329 e. The van der Waals surface area contributed by atoms with Gasteiger partial charge in [0.15, 0.2) is 0 Å². The molecule has 3 aromatic rings. The van der Waals surface area contributed by atoms with Crippen LogP contribution in [0.2, 0.25) is 0 Å². The highest BCUT2D eigenvalue weighted by Gasteiger charge is 2.48.